The molecule has 8 heteroatoms. The molecule has 33 heavy (non-hydrogen) atoms. The number of benzene rings is 1. The summed E-state index contributed by atoms with van der Waals surface area (Å²) in [5, 5.41) is 5.85. The second kappa shape index (κ2) is 12.0. The molecule has 0 bridgehead atoms. The van der Waals surface area contributed by atoms with Crippen LogP contribution >= 0.6 is 0 Å². The molecule has 8 nitrogen and oxygen atoms in total. The lowest BCUT2D eigenvalue weighted by atomic mass is 10.0. The molecule has 0 aromatic heterocycles. The van der Waals surface area contributed by atoms with Crippen molar-refractivity contribution < 1.29 is 19.1 Å². The van der Waals surface area contributed by atoms with Gasteiger partial charge in [-0.05, 0) is 58.2 Å². The van der Waals surface area contributed by atoms with Crippen LogP contribution in [0.1, 0.15) is 57.0 Å². The number of hydrogen-bond donors (Lipinski definition) is 2. The Morgan fingerprint density at radius 2 is 1.70 bits per heavy atom. The zero-order chi connectivity index (χ0) is 24.6. The number of hydrogen-bond acceptors (Lipinski definition) is 5. The molecular weight excluding hydrogens is 420 g/mol. The summed E-state index contributed by atoms with van der Waals surface area (Å²) in [5.74, 6) is -0.426. The lowest BCUT2D eigenvalue weighted by Crippen LogP contribution is -2.51. The Kier molecular flexibility index (Phi) is 9.70. The van der Waals surface area contributed by atoms with Gasteiger partial charge in [-0.25, -0.2) is 4.79 Å². The van der Waals surface area contributed by atoms with Gasteiger partial charge >= 0.3 is 6.09 Å². The topological polar surface area (TPSA) is 91.0 Å². The predicted octanol–water partition coefficient (Wildman–Crippen LogP) is 2.81. The number of piperazine rings is 1. The largest absolute Gasteiger partial charge is 0.444 e. The van der Waals surface area contributed by atoms with Crippen molar-refractivity contribution in [2.45, 2.75) is 59.6 Å². The van der Waals surface area contributed by atoms with Gasteiger partial charge in [-0.15, -0.1) is 0 Å². The van der Waals surface area contributed by atoms with Crippen LogP contribution in [0.3, 0.4) is 0 Å². The minimum absolute atomic E-state index is 0.0288. The van der Waals surface area contributed by atoms with E-state index < -0.39 is 11.6 Å². The number of carbonyl (C=O) groups is 3. The first-order valence-electron chi connectivity index (χ1n) is 11.8. The molecule has 2 rings (SSSR count). The molecule has 1 aromatic rings. The van der Waals surface area contributed by atoms with Crippen LogP contribution in [-0.4, -0.2) is 78.6 Å². The number of aryl methyl sites for hydroxylation is 1. The van der Waals surface area contributed by atoms with Gasteiger partial charge in [0, 0.05) is 38.3 Å². The molecule has 1 aliphatic rings. The Morgan fingerprint density at radius 3 is 2.27 bits per heavy atom. The maximum absolute atomic E-state index is 12.7. The molecule has 3 amide bonds. The van der Waals surface area contributed by atoms with Gasteiger partial charge in [0.2, 0.25) is 5.91 Å². The summed E-state index contributed by atoms with van der Waals surface area (Å²) in [6, 6.07) is 6.76. The van der Waals surface area contributed by atoms with Crippen molar-refractivity contribution in [1.29, 1.82) is 0 Å². The maximum atomic E-state index is 12.7. The zero-order valence-electron chi connectivity index (χ0n) is 20.9. The normalized spacial score (nSPS) is 15.8. The van der Waals surface area contributed by atoms with E-state index in [4.69, 9.17) is 4.74 Å². The van der Waals surface area contributed by atoms with Gasteiger partial charge in [0.15, 0.2) is 0 Å². The second-order valence-electron chi connectivity index (χ2n) is 9.96. The first-order chi connectivity index (χ1) is 15.5. The smallest absolute Gasteiger partial charge is 0.410 e. The van der Waals surface area contributed by atoms with Crippen LogP contribution in [0.4, 0.5) is 4.79 Å². The third kappa shape index (κ3) is 8.68. The highest BCUT2D eigenvalue weighted by molar-refractivity contribution is 5.98. The summed E-state index contributed by atoms with van der Waals surface area (Å²) in [6.45, 7) is 15.6. The van der Waals surface area contributed by atoms with Crippen molar-refractivity contribution in [3.63, 3.8) is 0 Å². The van der Waals surface area contributed by atoms with Crippen LogP contribution in [-0.2, 0) is 9.53 Å². The Bertz CT molecular complexity index is 811. The molecule has 0 aliphatic carbocycles. The molecule has 2 N–H and O–H groups in total. The Balaban J connectivity index is 1.72. The number of rotatable bonds is 8. The van der Waals surface area contributed by atoms with E-state index in [9.17, 15) is 14.4 Å². The molecule has 1 atom stereocenters. The van der Waals surface area contributed by atoms with E-state index in [1.54, 1.807) is 11.0 Å². The fraction of sp³-hybridized carbons (Fsp3) is 0.640. The summed E-state index contributed by atoms with van der Waals surface area (Å²) in [4.78, 5) is 41.6. The van der Waals surface area contributed by atoms with E-state index in [1.165, 1.54) is 0 Å². The van der Waals surface area contributed by atoms with Crippen LogP contribution < -0.4 is 10.6 Å². The van der Waals surface area contributed by atoms with Gasteiger partial charge in [-0.1, -0.05) is 32.0 Å². The molecule has 1 saturated heterocycles. The minimum Gasteiger partial charge on any atom is -0.444 e. The molecule has 1 fully saturated rings. The SMILES string of the molecule is Cc1ccccc1C(=O)NC(C(=O)NCCCN1CCN(C(=O)OC(C)(C)C)CC1)C(C)C. The third-order valence-corrected chi connectivity index (χ3v) is 5.60. The maximum Gasteiger partial charge on any atom is 0.410 e. The van der Waals surface area contributed by atoms with Crippen molar-refractivity contribution in [2.75, 3.05) is 39.3 Å². The monoisotopic (exact) mass is 460 g/mol. The van der Waals surface area contributed by atoms with Gasteiger partial charge in [-0.3, -0.25) is 14.5 Å². The first-order valence-corrected chi connectivity index (χ1v) is 11.8. The van der Waals surface area contributed by atoms with E-state index in [0.717, 1.165) is 31.6 Å². The second-order valence-corrected chi connectivity index (χ2v) is 9.96. The third-order valence-electron chi connectivity index (χ3n) is 5.60. The molecule has 1 unspecified atom stereocenters. The molecule has 1 heterocycles. The number of ether oxygens (including phenoxy) is 1. The van der Waals surface area contributed by atoms with Crippen LogP contribution in [0, 0.1) is 12.8 Å². The van der Waals surface area contributed by atoms with E-state index in [-0.39, 0.29) is 23.8 Å². The van der Waals surface area contributed by atoms with Gasteiger partial charge in [0.1, 0.15) is 11.6 Å². The van der Waals surface area contributed by atoms with Gasteiger partial charge < -0.3 is 20.3 Å². The van der Waals surface area contributed by atoms with Crippen LogP contribution in [0.15, 0.2) is 24.3 Å². The van der Waals surface area contributed by atoms with Crippen LogP contribution in [0.25, 0.3) is 0 Å². The van der Waals surface area contributed by atoms with Crippen molar-refractivity contribution in [1.82, 2.24) is 20.4 Å². The van der Waals surface area contributed by atoms with Crippen LogP contribution in [0.2, 0.25) is 0 Å². The number of nitrogens with one attached hydrogen (secondary N) is 2. The Hall–Kier alpha value is -2.61. The molecule has 1 aliphatic heterocycles. The van der Waals surface area contributed by atoms with Crippen molar-refractivity contribution >= 4 is 17.9 Å². The summed E-state index contributed by atoms with van der Waals surface area (Å²) in [6.07, 6.45) is 0.538. The quantitative estimate of drug-likeness (QED) is 0.582. The molecule has 0 radical (unpaired) electrons. The summed E-state index contributed by atoms with van der Waals surface area (Å²) >= 11 is 0. The molecule has 1 aromatic carbocycles. The molecule has 184 valence electrons. The highest BCUT2D eigenvalue weighted by Gasteiger charge is 2.27. The molecular formula is C25H40N4O4. The molecule has 0 saturated carbocycles. The predicted molar refractivity (Wildman–Crippen MR) is 129 cm³/mol. The highest BCUT2D eigenvalue weighted by Crippen LogP contribution is 2.12. The number of amides is 3. The van der Waals surface area contributed by atoms with Gasteiger partial charge in [0.05, 0.1) is 0 Å². The van der Waals surface area contributed by atoms with E-state index in [0.29, 0.717) is 25.2 Å². The van der Waals surface area contributed by atoms with Gasteiger partial charge in [-0.2, -0.15) is 0 Å². The standard InChI is InChI=1S/C25H40N4O4/c1-18(2)21(27-22(30)20-11-8-7-10-19(20)3)23(31)26-12-9-13-28-14-16-29(17-15-28)24(32)33-25(4,5)6/h7-8,10-11,18,21H,9,12-17H2,1-6H3,(H,26,31)(H,27,30). The van der Waals surface area contributed by atoms with Crippen molar-refractivity contribution in [3.8, 4) is 0 Å². The van der Waals surface area contributed by atoms with E-state index >= 15 is 0 Å². The minimum atomic E-state index is -0.588. The number of nitrogens with zero attached hydrogens (tertiary/aromatic N) is 2. The summed E-state index contributed by atoms with van der Waals surface area (Å²) in [5.41, 5.74) is 0.978. The summed E-state index contributed by atoms with van der Waals surface area (Å²) in [7, 11) is 0. The molecule has 0 spiro atoms. The van der Waals surface area contributed by atoms with Gasteiger partial charge in [0.25, 0.3) is 5.91 Å². The highest BCUT2D eigenvalue weighted by atomic mass is 16.6. The van der Waals surface area contributed by atoms with E-state index in [2.05, 4.69) is 15.5 Å². The lowest BCUT2D eigenvalue weighted by molar-refractivity contribution is -0.123. The van der Waals surface area contributed by atoms with E-state index in [1.807, 2.05) is 59.7 Å². The fourth-order valence-electron chi connectivity index (χ4n) is 3.69. The Labute approximate surface area is 198 Å². The summed E-state index contributed by atoms with van der Waals surface area (Å²) < 4.78 is 5.43. The fourth-order valence-corrected chi connectivity index (χ4v) is 3.69. The average molecular weight is 461 g/mol. The Morgan fingerprint density at radius 1 is 1.06 bits per heavy atom. The van der Waals surface area contributed by atoms with Crippen LogP contribution in [0.5, 0.6) is 0 Å². The zero-order valence-corrected chi connectivity index (χ0v) is 20.9. The van der Waals surface area contributed by atoms with Crippen molar-refractivity contribution in [3.05, 3.63) is 35.4 Å². The lowest BCUT2D eigenvalue weighted by Gasteiger charge is -2.35. The van der Waals surface area contributed by atoms with Crippen molar-refractivity contribution in [2.24, 2.45) is 5.92 Å². The number of carbonyl (C=O) groups excluding carboxylic acids is 3. The first kappa shape index (κ1) is 26.6. The average Bonchev–Trinajstić information content (AvgIpc) is 2.74.